The number of hydrogen-bond acceptors (Lipinski definition) is 3. The van der Waals surface area contributed by atoms with Gasteiger partial charge in [0.1, 0.15) is 5.75 Å². The van der Waals surface area contributed by atoms with E-state index in [2.05, 4.69) is 62.3 Å². The maximum absolute atomic E-state index is 5.72. The maximum Gasteiger partial charge on any atom is 0.119 e. The molecular weight excluding hydrogens is 260 g/mol. The van der Waals surface area contributed by atoms with Crippen LogP contribution in [0.3, 0.4) is 0 Å². The quantitative estimate of drug-likeness (QED) is 0.868. The summed E-state index contributed by atoms with van der Waals surface area (Å²) in [7, 11) is 2.05. The van der Waals surface area contributed by atoms with Crippen LogP contribution in [0.1, 0.15) is 45.2 Å². The van der Waals surface area contributed by atoms with E-state index in [1.807, 2.05) is 0 Å². The van der Waals surface area contributed by atoms with E-state index < -0.39 is 0 Å². The number of nitrogens with one attached hydrogen (secondary N) is 1. The summed E-state index contributed by atoms with van der Waals surface area (Å²) in [5, 5.41) is 3.46. The Morgan fingerprint density at radius 1 is 1.29 bits per heavy atom. The van der Waals surface area contributed by atoms with Crippen molar-refractivity contribution in [2.24, 2.45) is 5.92 Å². The highest BCUT2D eigenvalue weighted by Crippen LogP contribution is 2.22. The lowest BCUT2D eigenvalue weighted by Gasteiger charge is -2.33. The molecule has 2 unspecified atom stereocenters. The molecule has 118 valence electrons. The standard InChI is InChI=1S/C18H30N2O/c1-14(2)21-17-9-7-16(8-10-17)18(19-4)13-20-11-5-6-15(3)12-20/h7-10,14-15,18-19H,5-6,11-13H2,1-4H3. The minimum Gasteiger partial charge on any atom is -0.491 e. The first-order chi connectivity index (χ1) is 10.1. The Morgan fingerprint density at radius 3 is 2.57 bits per heavy atom. The van der Waals surface area contributed by atoms with Crippen molar-refractivity contribution >= 4 is 0 Å². The molecule has 0 aliphatic carbocycles. The molecule has 1 fully saturated rings. The highest BCUT2D eigenvalue weighted by atomic mass is 16.5. The van der Waals surface area contributed by atoms with Crippen LogP contribution in [0.4, 0.5) is 0 Å². The van der Waals surface area contributed by atoms with E-state index in [4.69, 9.17) is 4.74 Å². The second kappa shape index (κ2) is 7.81. The van der Waals surface area contributed by atoms with Gasteiger partial charge in [0.2, 0.25) is 0 Å². The summed E-state index contributed by atoms with van der Waals surface area (Å²) < 4.78 is 5.72. The lowest BCUT2D eigenvalue weighted by Crippen LogP contribution is -2.39. The summed E-state index contributed by atoms with van der Waals surface area (Å²) in [6, 6.07) is 8.93. The van der Waals surface area contributed by atoms with E-state index in [9.17, 15) is 0 Å². The summed E-state index contributed by atoms with van der Waals surface area (Å²) in [4.78, 5) is 2.59. The van der Waals surface area contributed by atoms with Crippen LogP contribution in [0.25, 0.3) is 0 Å². The normalized spacial score (nSPS) is 21.5. The molecular formula is C18H30N2O. The van der Waals surface area contributed by atoms with Crippen LogP contribution >= 0.6 is 0 Å². The van der Waals surface area contributed by atoms with Gasteiger partial charge in [0.15, 0.2) is 0 Å². The monoisotopic (exact) mass is 290 g/mol. The number of hydrogen-bond donors (Lipinski definition) is 1. The van der Waals surface area contributed by atoms with Crippen molar-refractivity contribution in [3.63, 3.8) is 0 Å². The third kappa shape index (κ3) is 5.01. The predicted molar refractivity (Wildman–Crippen MR) is 88.8 cm³/mol. The zero-order valence-corrected chi connectivity index (χ0v) is 13.9. The van der Waals surface area contributed by atoms with Gasteiger partial charge in [-0.2, -0.15) is 0 Å². The zero-order valence-electron chi connectivity index (χ0n) is 13.9. The third-order valence-electron chi connectivity index (χ3n) is 4.18. The Kier molecular flexibility index (Phi) is 6.07. The van der Waals surface area contributed by atoms with E-state index in [0.717, 1.165) is 18.2 Å². The van der Waals surface area contributed by atoms with Crippen molar-refractivity contribution in [1.29, 1.82) is 0 Å². The van der Waals surface area contributed by atoms with E-state index in [1.54, 1.807) is 0 Å². The van der Waals surface area contributed by atoms with Gasteiger partial charge in [0.05, 0.1) is 6.10 Å². The lowest BCUT2D eigenvalue weighted by molar-refractivity contribution is 0.169. The first-order valence-corrected chi connectivity index (χ1v) is 8.24. The SMILES string of the molecule is CNC(CN1CCCC(C)C1)c1ccc(OC(C)C)cc1. The van der Waals surface area contributed by atoms with Crippen LogP contribution in [0, 0.1) is 5.92 Å². The van der Waals surface area contributed by atoms with E-state index in [1.165, 1.54) is 31.5 Å². The van der Waals surface area contributed by atoms with Gasteiger partial charge in [0, 0.05) is 19.1 Å². The molecule has 1 aromatic carbocycles. The summed E-state index contributed by atoms with van der Waals surface area (Å²) in [6.07, 6.45) is 2.94. The summed E-state index contributed by atoms with van der Waals surface area (Å²) in [5.74, 6) is 1.79. The summed E-state index contributed by atoms with van der Waals surface area (Å²) >= 11 is 0. The molecule has 0 saturated carbocycles. The van der Waals surface area contributed by atoms with Crippen molar-refractivity contribution in [2.75, 3.05) is 26.7 Å². The lowest BCUT2D eigenvalue weighted by atomic mass is 9.98. The Bertz CT molecular complexity index is 416. The Balaban J connectivity index is 1.96. The Morgan fingerprint density at radius 2 is 2.00 bits per heavy atom. The van der Waals surface area contributed by atoms with Crippen molar-refractivity contribution in [1.82, 2.24) is 10.2 Å². The molecule has 0 radical (unpaired) electrons. The number of ether oxygens (including phenoxy) is 1. The van der Waals surface area contributed by atoms with Gasteiger partial charge in [-0.05, 0) is 63.9 Å². The van der Waals surface area contributed by atoms with E-state index >= 15 is 0 Å². The zero-order chi connectivity index (χ0) is 15.2. The van der Waals surface area contributed by atoms with Crippen LogP contribution < -0.4 is 10.1 Å². The molecule has 0 spiro atoms. The number of benzene rings is 1. The van der Waals surface area contributed by atoms with Crippen molar-refractivity contribution in [2.45, 2.75) is 45.8 Å². The predicted octanol–water partition coefficient (Wildman–Crippen LogP) is 3.47. The van der Waals surface area contributed by atoms with Gasteiger partial charge in [-0.3, -0.25) is 0 Å². The third-order valence-corrected chi connectivity index (χ3v) is 4.18. The van der Waals surface area contributed by atoms with E-state index in [0.29, 0.717) is 6.04 Å². The topological polar surface area (TPSA) is 24.5 Å². The largest absolute Gasteiger partial charge is 0.491 e. The average Bonchev–Trinajstić information content (AvgIpc) is 2.45. The minimum absolute atomic E-state index is 0.228. The highest BCUT2D eigenvalue weighted by molar-refractivity contribution is 5.29. The van der Waals surface area contributed by atoms with Crippen LogP contribution in [0.15, 0.2) is 24.3 Å². The average molecular weight is 290 g/mol. The molecule has 0 bridgehead atoms. The molecule has 1 heterocycles. The summed E-state index contributed by atoms with van der Waals surface area (Å²) in [6.45, 7) is 10.0. The molecule has 1 N–H and O–H groups in total. The first-order valence-electron chi connectivity index (χ1n) is 8.24. The van der Waals surface area contributed by atoms with Crippen LogP contribution in [-0.4, -0.2) is 37.7 Å². The van der Waals surface area contributed by atoms with Gasteiger partial charge < -0.3 is 15.0 Å². The second-order valence-corrected chi connectivity index (χ2v) is 6.58. The number of rotatable bonds is 6. The first kappa shape index (κ1) is 16.3. The number of piperidine rings is 1. The van der Waals surface area contributed by atoms with Gasteiger partial charge >= 0.3 is 0 Å². The maximum atomic E-state index is 5.72. The van der Waals surface area contributed by atoms with Crippen LogP contribution in [-0.2, 0) is 0 Å². The van der Waals surface area contributed by atoms with E-state index in [-0.39, 0.29) is 6.10 Å². The molecule has 2 rings (SSSR count). The van der Waals surface area contributed by atoms with Crippen LogP contribution in [0.2, 0.25) is 0 Å². The molecule has 3 nitrogen and oxygen atoms in total. The van der Waals surface area contributed by atoms with Crippen molar-refractivity contribution < 1.29 is 4.74 Å². The Hall–Kier alpha value is -1.06. The molecule has 3 heteroatoms. The molecule has 21 heavy (non-hydrogen) atoms. The van der Waals surface area contributed by atoms with Crippen molar-refractivity contribution in [3.05, 3.63) is 29.8 Å². The number of likely N-dealkylation sites (tertiary alicyclic amines) is 1. The minimum atomic E-state index is 0.228. The number of nitrogens with zero attached hydrogens (tertiary/aromatic N) is 1. The van der Waals surface area contributed by atoms with Gasteiger partial charge in [-0.1, -0.05) is 19.1 Å². The van der Waals surface area contributed by atoms with Gasteiger partial charge in [-0.15, -0.1) is 0 Å². The molecule has 0 aromatic heterocycles. The molecule has 1 aliphatic rings. The van der Waals surface area contributed by atoms with Crippen LogP contribution in [0.5, 0.6) is 5.75 Å². The smallest absolute Gasteiger partial charge is 0.119 e. The molecule has 0 amide bonds. The van der Waals surface area contributed by atoms with Gasteiger partial charge in [0.25, 0.3) is 0 Å². The Labute approximate surface area is 129 Å². The molecule has 1 saturated heterocycles. The fraction of sp³-hybridized carbons (Fsp3) is 0.667. The van der Waals surface area contributed by atoms with Gasteiger partial charge in [-0.25, -0.2) is 0 Å². The molecule has 1 aliphatic heterocycles. The number of likely N-dealkylation sites (N-methyl/N-ethyl adjacent to an activating group) is 1. The fourth-order valence-corrected chi connectivity index (χ4v) is 3.12. The molecule has 2 atom stereocenters. The second-order valence-electron chi connectivity index (χ2n) is 6.58. The summed E-state index contributed by atoms with van der Waals surface area (Å²) in [5.41, 5.74) is 1.34. The highest BCUT2D eigenvalue weighted by Gasteiger charge is 2.20. The fourth-order valence-electron chi connectivity index (χ4n) is 3.12. The molecule has 1 aromatic rings. The van der Waals surface area contributed by atoms with Crippen molar-refractivity contribution in [3.8, 4) is 5.75 Å².